The van der Waals surface area contributed by atoms with E-state index in [2.05, 4.69) is 5.92 Å². The highest BCUT2D eigenvalue weighted by atomic mass is 16.4. The SMILES string of the molecule is C#CCCCC/C=C/C(=O)O. The van der Waals surface area contributed by atoms with Crippen LogP contribution in [0.2, 0.25) is 0 Å². The number of hydrogen-bond acceptors (Lipinski definition) is 1. The Bertz CT molecular complexity index is 174. The summed E-state index contributed by atoms with van der Waals surface area (Å²) < 4.78 is 0. The lowest BCUT2D eigenvalue weighted by Gasteiger charge is -1.89. The molecule has 0 aliphatic carbocycles. The minimum Gasteiger partial charge on any atom is -0.478 e. The van der Waals surface area contributed by atoms with E-state index in [0.717, 1.165) is 31.8 Å². The Morgan fingerprint density at radius 2 is 2.27 bits per heavy atom. The van der Waals surface area contributed by atoms with Gasteiger partial charge >= 0.3 is 5.97 Å². The molecular formula is C9H12O2. The molecule has 0 saturated carbocycles. The van der Waals surface area contributed by atoms with Crippen LogP contribution < -0.4 is 0 Å². The maximum atomic E-state index is 9.97. The van der Waals surface area contributed by atoms with E-state index in [1.54, 1.807) is 6.08 Å². The first-order chi connectivity index (χ1) is 5.27. The average Bonchev–Trinajstić information content (AvgIpc) is 1.96. The van der Waals surface area contributed by atoms with Crippen LogP contribution in [-0.4, -0.2) is 11.1 Å². The first-order valence-electron chi connectivity index (χ1n) is 3.60. The molecule has 0 aromatic carbocycles. The summed E-state index contributed by atoms with van der Waals surface area (Å²) in [6.45, 7) is 0. The van der Waals surface area contributed by atoms with Gasteiger partial charge in [0.05, 0.1) is 0 Å². The lowest BCUT2D eigenvalue weighted by Crippen LogP contribution is -1.85. The second kappa shape index (κ2) is 6.88. The van der Waals surface area contributed by atoms with Crippen LogP contribution in [0.4, 0.5) is 0 Å². The van der Waals surface area contributed by atoms with Crippen molar-refractivity contribution in [1.29, 1.82) is 0 Å². The maximum Gasteiger partial charge on any atom is 0.327 e. The van der Waals surface area contributed by atoms with Crippen molar-refractivity contribution in [2.75, 3.05) is 0 Å². The summed E-state index contributed by atoms with van der Waals surface area (Å²) in [5.74, 6) is 1.64. The van der Waals surface area contributed by atoms with E-state index in [0.29, 0.717) is 0 Å². The molecule has 0 rings (SSSR count). The highest BCUT2D eigenvalue weighted by Gasteiger charge is 1.85. The largest absolute Gasteiger partial charge is 0.478 e. The molecule has 0 aliphatic rings. The molecular weight excluding hydrogens is 140 g/mol. The first-order valence-corrected chi connectivity index (χ1v) is 3.60. The lowest BCUT2D eigenvalue weighted by atomic mass is 10.2. The van der Waals surface area contributed by atoms with Crippen molar-refractivity contribution in [3.05, 3.63) is 12.2 Å². The van der Waals surface area contributed by atoms with Crippen molar-refractivity contribution in [1.82, 2.24) is 0 Å². The zero-order chi connectivity index (χ0) is 8.53. The van der Waals surface area contributed by atoms with Gasteiger partial charge in [-0.15, -0.1) is 12.3 Å². The van der Waals surface area contributed by atoms with Gasteiger partial charge in [0.25, 0.3) is 0 Å². The second-order valence-corrected chi connectivity index (χ2v) is 2.19. The van der Waals surface area contributed by atoms with Crippen LogP contribution in [0.5, 0.6) is 0 Å². The number of aliphatic carboxylic acids is 1. The van der Waals surface area contributed by atoms with Gasteiger partial charge in [0.2, 0.25) is 0 Å². The Morgan fingerprint density at radius 1 is 1.55 bits per heavy atom. The van der Waals surface area contributed by atoms with Crippen LogP contribution in [0.1, 0.15) is 25.7 Å². The number of carboxylic acids is 1. The molecule has 0 aliphatic heterocycles. The molecule has 1 N–H and O–H groups in total. The van der Waals surface area contributed by atoms with E-state index in [1.807, 2.05) is 0 Å². The number of unbranched alkanes of at least 4 members (excludes halogenated alkanes) is 3. The summed E-state index contributed by atoms with van der Waals surface area (Å²) >= 11 is 0. The van der Waals surface area contributed by atoms with Crippen LogP contribution in [0.25, 0.3) is 0 Å². The standard InChI is InChI=1S/C9H12O2/c1-2-3-4-5-6-7-8-9(10)11/h1,7-8H,3-6H2,(H,10,11)/b8-7+. The first kappa shape index (κ1) is 9.77. The van der Waals surface area contributed by atoms with Crippen molar-refractivity contribution >= 4 is 5.97 Å². The summed E-state index contributed by atoms with van der Waals surface area (Å²) in [7, 11) is 0. The Kier molecular flexibility index (Phi) is 6.11. The van der Waals surface area contributed by atoms with Crippen LogP contribution >= 0.6 is 0 Å². The Morgan fingerprint density at radius 3 is 2.82 bits per heavy atom. The predicted molar refractivity (Wildman–Crippen MR) is 44.1 cm³/mol. The molecule has 60 valence electrons. The number of rotatable bonds is 5. The molecule has 0 atom stereocenters. The molecule has 0 aromatic heterocycles. The highest BCUT2D eigenvalue weighted by Crippen LogP contribution is 1.98. The van der Waals surface area contributed by atoms with Gasteiger partial charge in [-0.05, 0) is 19.3 Å². The van der Waals surface area contributed by atoms with Gasteiger partial charge < -0.3 is 5.11 Å². The number of terminal acetylenes is 1. The fraction of sp³-hybridized carbons (Fsp3) is 0.444. The quantitative estimate of drug-likeness (QED) is 0.370. The van der Waals surface area contributed by atoms with Crippen LogP contribution in [0.15, 0.2) is 12.2 Å². The second-order valence-electron chi connectivity index (χ2n) is 2.19. The fourth-order valence-electron chi connectivity index (χ4n) is 0.673. The number of carbonyl (C=O) groups is 1. The topological polar surface area (TPSA) is 37.3 Å². The van der Waals surface area contributed by atoms with Crippen molar-refractivity contribution in [3.63, 3.8) is 0 Å². The zero-order valence-corrected chi connectivity index (χ0v) is 6.42. The van der Waals surface area contributed by atoms with Gasteiger partial charge in [0.1, 0.15) is 0 Å². The molecule has 11 heavy (non-hydrogen) atoms. The smallest absolute Gasteiger partial charge is 0.327 e. The molecule has 0 aromatic rings. The number of allylic oxidation sites excluding steroid dienone is 1. The molecule has 0 heterocycles. The Hall–Kier alpha value is -1.23. The molecule has 0 radical (unpaired) electrons. The summed E-state index contributed by atoms with van der Waals surface area (Å²) in [4.78, 5) is 9.97. The van der Waals surface area contributed by atoms with E-state index in [9.17, 15) is 4.79 Å². The fourth-order valence-corrected chi connectivity index (χ4v) is 0.673. The van der Waals surface area contributed by atoms with Crippen molar-refractivity contribution in [3.8, 4) is 12.3 Å². The van der Waals surface area contributed by atoms with Crippen LogP contribution in [0, 0.1) is 12.3 Å². The lowest BCUT2D eigenvalue weighted by molar-refractivity contribution is -0.131. The zero-order valence-electron chi connectivity index (χ0n) is 6.42. The molecule has 2 nitrogen and oxygen atoms in total. The van der Waals surface area contributed by atoms with Gasteiger partial charge in [-0.1, -0.05) is 6.08 Å². The number of carboxylic acid groups (broad SMARTS) is 1. The van der Waals surface area contributed by atoms with E-state index in [4.69, 9.17) is 11.5 Å². The molecule has 0 bridgehead atoms. The van der Waals surface area contributed by atoms with Crippen molar-refractivity contribution in [2.45, 2.75) is 25.7 Å². The van der Waals surface area contributed by atoms with Gasteiger partial charge in [0.15, 0.2) is 0 Å². The summed E-state index contributed by atoms with van der Waals surface area (Å²) in [5, 5.41) is 8.20. The highest BCUT2D eigenvalue weighted by molar-refractivity contribution is 5.79. The van der Waals surface area contributed by atoms with E-state index in [1.165, 1.54) is 0 Å². The van der Waals surface area contributed by atoms with Gasteiger partial charge in [-0.3, -0.25) is 0 Å². The van der Waals surface area contributed by atoms with Crippen molar-refractivity contribution in [2.24, 2.45) is 0 Å². The maximum absolute atomic E-state index is 9.97. The minimum absolute atomic E-state index is 0.779. The molecule has 0 saturated heterocycles. The predicted octanol–water partition coefficient (Wildman–Crippen LogP) is 1.82. The third kappa shape index (κ3) is 8.77. The summed E-state index contributed by atoms with van der Waals surface area (Å²) in [6, 6.07) is 0. The average molecular weight is 152 g/mol. The van der Waals surface area contributed by atoms with Crippen LogP contribution in [0.3, 0.4) is 0 Å². The number of hydrogen-bond donors (Lipinski definition) is 1. The minimum atomic E-state index is -0.887. The van der Waals surface area contributed by atoms with Gasteiger partial charge in [-0.25, -0.2) is 4.79 Å². The van der Waals surface area contributed by atoms with E-state index in [-0.39, 0.29) is 0 Å². The normalized spacial score (nSPS) is 9.73. The summed E-state index contributed by atoms with van der Waals surface area (Å²) in [5.41, 5.74) is 0. The summed E-state index contributed by atoms with van der Waals surface area (Å²) in [6.07, 6.45) is 11.4. The molecule has 0 fully saturated rings. The Labute approximate surface area is 66.9 Å². The van der Waals surface area contributed by atoms with Gasteiger partial charge in [0, 0.05) is 12.5 Å². The molecule has 2 heteroatoms. The molecule has 0 spiro atoms. The van der Waals surface area contributed by atoms with Crippen LogP contribution in [-0.2, 0) is 4.79 Å². The molecule has 0 unspecified atom stereocenters. The Balaban J connectivity index is 3.15. The third-order valence-electron chi connectivity index (χ3n) is 1.20. The van der Waals surface area contributed by atoms with E-state index < -0.39 is 5.97 Å². The monoisotopic (exact) mass is 152 g/mol. The van der Waals surface area contributed by atoms with Crippen molar-refractivity contribution < 1.29 is 9.90 Å². The van der Waals surface area contributed by atoms with Gasteiger partial charge in [-0.2, -0.15) is 0 Å². The third-order valence-corrected chi connectivity index (χ3v) is 1.20. The van der Waals surface area contributed by atoms with E-state index >= 15 is 0 Å². The molecule has 0 amide bonds.